The van der Waals surface area contributed by atoms with E-state index < -0.39 is 5.60 Å². The smallest absolute Gasteiger partial charge is 0.410 e. The van der Waals surface area contributed by atoms with Gasteiger partial charge in [0.15, 0.2) is 0 Å². The fourth-order valence-corrected chi connectivity index (χ4v) is 3.30. The van der Waals surface area contributed by atoms with Crippen LogP contribution in [-0.4, -0.2) is 39.2 Å². The van der Waals surface area contributed by atoms with Crippen LogP contribution in [-0.2, 0) is 18.0 Å². The van der Waals surface area contributed by atoms with Gasteiger partial charge in [0.25, 0.3) is 0 Å². The van der Waals surface area contributed by atoms with E-state index in [2.05, 4.69) is 26.9 Å². The number of aromatic nitrogens is 2. The third-order valence-corrected chi connectivity index (χ3v) is 4.68. The zero-order chi connectivity index (χ0) is 20.4. The molecular formula is C20H26N6O3. The molecule has 4 rings (SSSR count). The number of furan rings is 1. The van der Waals surface area contributed by atoms with Crippen molar-refractivity contribution in [2.45, 2.75) is 46.0 Å². The molecule has 2 aliphatic heterocycles. The molecule has 2 N–H and O–H groups in total. The number of carbonyl (C=O) groups is 1. The Labute approximate surface area is 169 Å². The van der Waals surface area contributed by atoms with Gasteiger partial charge in [0.05, 0.1) is 12.9 Å². The molecule has 2 aromatic heterocycles. The summed E-state index contributed by atoms with van der Waals surface area (Å²) in [7, 11) is 0. The van der Waals surface area contributed by atoms with Gasteiger partial charge in [-0.3, -0.25) is 4.57 Å². The minimum Gasteiger partial charge on any atom is -0.467 e. The lowest BCUT2D eigenvalue weighted by Gasteiger charge is -2.29. The van der Waals surface area contributed by atoms with E-state index in [1.807, 2.05) is 43.7 Å². The number of hydrogen-bond donors (Lipinski definition) is 2. The summed E-state index contributed by atoms with van der Waals surface area (Å²) >= 11 is 0. The highest BCUT2D eigenvalue weighted by molar-refractivity contribution is 5.77. The minimum atomic E-state index is -0.493. The summed E-state index contributed by atoms with van der Waals surface area (Å²) < 4.78 is 12.8. The van der Waals surface area contributed by atoms with E-state index in [4.69, 9.17) is 9.15 Å². The molecule has 0 atom stereocenters. The van der Waals surface area contributed by atoms with E-state index in [0.29, 0.717) is 31.9 Å². The van der Waals surface area contributed by atoms with Gasteiger partial charge in [-0.25, -0.2) is 20.2 Å². The normalized spacial score (nSPS) is 17.0. The van der Waals surface area contributed by atoms with Crippen molar-refractivity contribution in [3.05, 3.63) is 47.6 Å². The number of carbonyl (C=O) groups excluding carboxylic acids is 1. The van der Waals surface area contributed by atoms with Crippen LogP contribution in [0.4, 0.5) is 10.6 Å². The van der Waals surface area contributed by atoms with Crippen LogP contribution in [0.2, 0.25) is 0 Å². The third-order valence-electron chi connectivity index (χ3n) is 4.68. The zero-order valence-corrected chi connectivity index (χ0v) is 16.9. The lowest BCUT2D eigenvalue weighted by atomic mass is 10.0. The zero-order valence-electron chi connectivity index (χ0n) is 16.9. The Balaban J connectivity index is 1.53. The molecule has 0 saturated heterocycles. The first-order valence-corrected chi connectivity index (χ1v) is 9.69. The van der Waals surface area contributed by atoms with Crippen LogP contribution in [0.15, 0.2) is 40.1 Å². The van der Waals surface area contributed by atoms with E-state index in [0.717, 1.165) is 29.1 Å². The molecule has 2 aromatic rings. The Hall–Kier alpha value is -3.07. The summed E-state index contributed by atoms with van der Waals surface area (Å²) in [5, 5.41) is 0. The van der Waals surface area contributed by atoms with Crippen molar-refractivity contribution < 1.29 is 13.9 Å². The van der Waals surface area contributed by atoms with Crippen LogP contribution < -0.4 is 16.5 Å². The number of hydrogen-bond acceptors (Lipinski definition) is 7. The number of fused-ring (bicyclic) bond motifs is 1. The van der Waals surface area contributed by atoms with Crippen molar-refractivity contribution >= 4 is 17.5 Å². The van der Waals surface area contributed by atoms with Crippen molar-refractivity contribution in [2.24, 2.45) is 4.99 Å². The number of amides is 1. The summed E-state index contributed by atoms with van der Waals surface area (Å²) in [5.41, 5.74) is 8.63. The third kappa shape index (κ3) is 4.34. The number of ether oxygens (including phenoxy) is 1. The molecule has 0 radical (unpaired) electrons. The summed E-state index contributed by atoms with van der Waals surface area (Å²) in [6.45, 7) is 7.76. The maximum absolute atomic E-state index is 12.3. The van der Waals surface area contributed by atoms with Crippen LogP contribution in [0.3, 0.4) is 0 Å². The second-order valence-electron chi connectivity index (χ2n) is 8.01. The first kappa shape index (κ1) is 19.3. The van der Waals surface area contributed by atoms with Crippen LogP contribution in [0.25, 0.3) is 5.57 Å². The number of rotatable bonds is 3. The molecular weight excluding hydrogens is 372 g/mol. The molecule has 9 nitrogen and oxygen atoms in total. The molecule has 0 unspecified atom stereocenters. The van der Waals surface area contributed by atoms with Crippen LogP contribution >= 0.6 is 0 Å². The predicted molar refractivity (Wildman–Crippen MR) is 107 cm³/mol. The van der Waals surface area contributed by atoms with Gasteiger partial charge in [-0.1, -0.05) is 6.08 Å². The fourth-order valence-electron chi connectivity index (χ4n) is 3.30. The summed E-state index contributed by atoms with van der Waals surface area (Å²) in [4.78, 5) is 23.1. The quantitative estimate of drug-likeness (QED) is 0.825. The SMILES string of the molecule is CC(C)(C)OC(=O)N1CC=C(c2cnc(=NCc3ccco3)n3c2NNC3)CC1. The molecule has 29 heavy (non-hydrogen) atoms. The average Bonchev–Trinajstić information content (AvgIpc) is 3.37. The topological polar surface area (TPSA) is 96.9 Å². The van der Waals surface area contributed by atoms with Gasteiger partial charge in [0.1, 0.15) is 23.7 Å². The van der Waals surface area contributed by atoms with Gasteiger partial charge in [0, 0.05) is 24.8 Å². The number of anilines is 1. The molecule has 154 valence electrons. The summed E-state index contributed by atoms with van der Waals surface area (Å²) in [6.07, 6.45) is 5.99. The maximum Gasteiger partial charge on any atom is 0.410 e. The summed E-state index contributed by atoms with van der Waals surface area (Å²) in [5.74, 6) is 1.72. The summed E-state index contributed by atoms with van der Waals surface area (Å²) in [6, 6.07) is 3.74. The van der Waals surface area contributed by atoms with E-state index in [1.165, 1.54) is 0 Å². The van der Waals surface area contributed by atoms with E-state index >= 15 is 0 Å². The van der Waals surface area contributed by atoms with Crippen molar-refractivity contribution in [3.63, 3.8) is 0 Å². The molecule has 0 aromatic carbocycles. The predicted octanol–water partition coefficient (Wildman–Crippen LogP) is 2.49. The fraction of sp³-hybridized carbons (Fsp3) is 0.450. The Bertz CT molecular complexity index is 985. The lowest BCUT2D eigenvalue weighted by Crippen LogP contribution is -2.39. The second kappa shape index (κ2) is 7.75. The molecule has 0 spiro atoms. The molecule has 2 aliphatic rings. The molecule has 4 heterocycles. The van der Waals surface area contributed by atoms with Crippen molar-refractivity contribution in [2.75, 3.05) is 18.5 Å². The highest BCUT2D eigenvalue weighted by Crippen LogP contribution is 2.28. The average molecular weight is 398 g/mol. The van der Waals surface area contributed by atoms with E-state index in [1.54, 1.807) is 11.2 Å². The molecule has 0 saturated carbocycles. The van der Waals surface area contributed by atoms with Crippen molar-refractivity contribution in [1.82, 2.24) is 19.9 Å². The van der Waals surface area contributed by atoms with Gasteiger partial charge >= 0.3 is 6.09 Å². The van der Waals surface area contributed by atoms with Gasteiger partial charge in [-0.15, -0.1) is 0 Å². The Morgan fingerprint density at radius 2 is 2.28 bits per heavy atom. The van der Waals surface area contributed by atoms with Crippen molar-refractivity contribution in [1.29, 1.82) is 0 Å². The minimum absolute atomic E-state index is 0.280. The number of hydrazine groups is 1. The standard InChI is InChI=1S/C20H26N6O3/c1-20(2,3)29-19(27)25-8-6-14(7-9-25)16-12-22-18(26-13-23-24-17(16)26)21-11-15-5-4-10-28-15/h4-6,10,12,23-24H,7-9,11,13H2,1-3H3. The van der Waals surface area contributed by atoms with E-state index in [9.17, 15) is 4.79 Å². The van der Waals surface area contributed by atoms with Crippen LogP contribution in [0, 0.1) is 0 Å². The van der Waals surface area contributed by atoms with Crippen LogP contribution in [0.5, 0.6) is 0 Å². The Morgan fingerprint density at radius 1 is 1.41 bits per heavy atom. The van der Waals surface area contributed by atoms with E-state index in [-0.39, 0.29) is 6.09 Å². The van der Waals surface area contributed by atoms with Gasteiger partial charge in [-0.05, 0) is 44.9 Å². The highest BCUT2D eigenvalue weighted by Gasteiger charge is 2.25. The lowest BCUT2D eigenvalue weighted by molar-refractivity contribution is 0.0270. The first-order chi connectivity index (χ1) is 13.9. The number of nitrogens with zero attached hydrogens (tertiary/aromatic N) is 4. The molecule has 9 heteroatoms. The van der Waals surface area contributed by atoms with Gasteiger partial charge < -0.3 is 19.5 Å². The monoisotopic (exact) mass is 398 g/mol. The van der Waals surface area contributed by atoms with Crippen LogP contribution in [0.1, 0.15) is 38.5 Å². The van der Waals surface area contributed by atoms with Gasteiger partial charge in [-0.2, -0.15) is 0 Å². The first-order valence-electron chi connectivity index (χ1n) is 9.69. The maximum atomic E-state index is 12.3. The molecule has 0 bridgehead atoms. The second-order valence-corrected chi connectivity index (χ2v) is 8.01. The molecule has 0 aliphatic carbocycles. The van der Waals surface area contributed by atoms with Crippen molar-refractivity contribution in [3.8, 4) is 0 Å². The van der Waals surface area contributed by atoms with Gasteiger partial charge in [0.2, 0.25) is 5.62 Å². The highest BCUT2D eigenvalue weighted by atomic mass is 16.6. The number of nitrogens with one attached hydrogen (secondary N) is 2. The molecule has 0 fully saturated rings. The Kier molecular flexibility index (Phi) is 5.14. The Morgan fingerprint density at radius 3 is 2.97 bits per heavy atom. The largest absolute Gasteiger partial charge is 0.467 e. The molecule has 1 amide bonds.